The second-order valence-corrected chi connectivity index (χ2v) is 4.77. The molecule has 0 saturated carbocycles. The molecule has 0 aliphatic heterocycles. The van der Waals surface area contributed by atoms with Crippen molar-refractivity contribution in [3.05, 3.63) is 29.6 Å². The molecule has 0 aliphatic carbocycles. The Balaban J connectivity index is 2.40. The van der Waals surface area contributed by atoms with Gasteiger partial charge >= 0.3 is 5.97 Å². The molecule has 19 heavy (non-hydrogen) atoms. The van der Waals surface area contributed by atoms with Gasteiger partial charge in [-0.3, -0.25) is 4.79 Å². The molecule has 0 fully saturated rings. The fourth-order valence-electron chi connectivity index (χ4n) is 2.39. The van der Waals surface area contributed by atoms with Crippen molar-refractivity contribution in [2.75, 3.05) is 0 Å². The van der Waals surface area contributed by atoms with E-state index in [4.69, 9.17) is 5.11 Å². The van der Waals surface area contributed by atoms with Crippen LogP contribution in [0, 0.1) is 0 Å². The smallest absolute Gasteiger partial charge is 0.307 e. The first-order valence-corrected chi connectivity index (χ1v) is 6.85. The first-order valence-electron chi connectivity index (χ1n) is 6.85. The highest BCUT2D eigenvalue weighted by molar-refractivity contribution is 5.79. The largest absolute Gasteiger partial charge is 0.481 e. The van der Waals surface area contributed by atoms with Crippen molar-refractivity contribution in [2.24, 2.45) is 0 Å². The Morgan fingerprint density at radius 2 is 2.16 bits per heavy atom. The zero-order valence-electron chi connectivity index (χ0n) is 11.5. The maximum absolute atomic E-state index is 10.7. The second-order valence-electron chi connectivity index (χ2n) is 4.77. The average molecular weight is 260 g/mol. The summed E-state index contributed by atoms with van der Waals surface area (Å²) in [4.78, 5) is 15.4. The lowest BCUT2D eigenvalue weighted by Gasteiger charge is -2.05. The summed E-state index contributed by atoms with van der Waals surface area (Å²) in [7, 11) is 0. The number of fused-ring (bicyclic) bond motifs is 1. The Morgan fingerprint density at radius 3 is 2.79 bits per heavy atom. The molecular formula is C15H20N2O2. The van der Waals surface area contributed by atoms with Crippen molar-refractivity contribution in [1.82, 2.24) is 9.55 Å². The molecule has 0 amide bonds. The number of aliphatic carboxylic acids is 1. The van der Waals surface area contributed by atoms with Gasteiger partial charge in [-0.15, -0.1) is 0 Å². The van der Waals surface area contributed by atoms with Gasteiger partial charge < -0.3 is 9.67 Å². The molecule has 1 heterocycles. The Bertz CT molecular complexity index is 587. The van der Waals surface area contributed by atoms with Crippen LogP contribution < -0.4 is 0 Å². The van der Waals surface area contributed by atoms with Crippen molar-refractivity contribution in [2.45, 2.75) is 46.1 Å². The van der Waals surface area contributed by atoms with Gasteiger partial charge in [-0.25, -0.2) is 4.98 Å². The number of carbonyl (C=O) groups is 1. The number of benzene rings is 1. The topological polar surface area (TPSA) is 55.1 Å². The summed E-state index contributed by atoms with van der Waals surface area (Å²) in [5.41, 5.74) is 2.82. The van der Waals surface area contributed by atoms with Crippen LogP contribution >= 0.6 is 0 Å². The molecule has 0 unspecified atom stereocenters. The number of imidazole rings is 1. The van der Waals surface area contributed by atoms with E-state index in [0.29, 0.717) is 0 Å². The van der Waals surface area contributed by atoms with Gasteiger partial charge in [0.25, 0.3) is 0 Å². The maximum atomic E-state index is 10.7. The molecule has 0 spiro atoms. The van der Waals surface area contributed by atoms with Crippen molar-refractivity contribution >= 4 is 17.0 Å². The van der Waals surface area contributed by atoms with Crippen LogP contribution in [0.3, 0.4) is 0 Å². The fourth-order valence-corrected chi connectivity index (χ4v) is 2.39. The van der Waals surface area contributed by atoms with E-state index >= 15 is 0 Å². The third kappa shape index (κ3) is 2.95. The monoisotopic (exact) mass is 260 g/mol. The molecule has 4 heteroatoms. The van der Waals surface area contributed by atoms with E-state index in [9.17, 15) is 4.79 Å². The standard InChI is InChI=1S/C15H20N2O2/c1-3-5-6-14-16-12-9-11(10-15(18)19)7-8-13(12)17(14)4-2/h7-9H,3-6,10H2,1-2H3,(H,18,19). The minimum absolute atomic E-state index is 0.0548. The zero-order valence-corrected chi connectivity index (χ0v) is 11.5. The van der Waals surface area contributed by atoms with Crippen LogP contribution in [0.5, 0.6) is 0 Å². The molecule has 0 bridgehead atoms. The normalized spacial score (nSPS) is 11.1. The van der Waals surface area contributed by atoms with Gasteiger partial charge in [-0.1, -0.05) is 19.4 Å². The van der Waals surface area contributed by atoms with Crippen LogP contribution in [0.2, 0.25) is 0 Å². The number of hydrogen-bond acceptors (Lipinski definition) is 2. The van der Waals surface area contributed by atoms with Crippen molar-refractivity contribution in [1.29, 1.82) is 0 Å². The summed E-state index contributed by atoms with van der Waals surface area (Å²) in [6.45, 7) is 5.18. The highest BCUT2D eigenvalue weighted by Crippen LogP contribution is 2.19. The number of nitrogens with zero attached hydrogens (tertiary/aromatic N) is 2. The van der Waals surface area contributed by atoms with Crippen LogP contribution in [0.4, 0.5) is 0 Å². The predicted molar refractivity (Wildman–Crippen MR) is 75.4 cm³/mol. The van der Waals surface area contributed by atoms with Crippen LogP contribution in [0.15, 0.2) is 18.2 Å². The number of unbranched alkanes of at least 4 members (excludes halogenated alkanes) is 1. The van der Waals surface area contributed by atoms with Crippen molar-refractivity contribution < 1.29 is 9.90 Å². The molecule has 0 aliphatic rings. The predicted octanol–water partition coefficient (Wildman–Crippen LogP) is 3.03. The van der Waals surface area contributed by atoms with Gasteiger partial charge in [-0.05, 0) is 31.0 Å². The van der Waals surface area contributed by atoms with Crippen LogP contribution in [0.1, 0.15) is 38.1 Å². The molecule has 4 nitrogen and oxygen atoms in total. The molecule has 1 aromatic heterocycles. The van der Waals surface area contributed by atoms with E-state index in [1.807, 2.05) is 18.2 Å². The van der Waals surface area contributed by atoms with Gasteiger partial charge in [0.2, 0.25) is 0 Å². The molecule has 0 saturated heterocycles. The Hall–Kier alpha value is -1.84. The molecule has 2 rings (SSSR count). The Labute approximate surface area is 113 Å². The molecule has 0 atom stereocenters. The molecular weight excluding hydrogens is 240 g/mol. The van der Waals surface area contributed by atoms with E-state index < -0.39 is 5.97 Å². The lowest BCUT2D eigenvalue weighted by Crippen LogP contribution is -2.02. The zero-order chi connectivity index (χ0) is 13.8. The molecule has 0 radical (unpaired) electrons. The lowest BCUT2D eigenvalue weighted by atomic mass is 10.1. The minimum atomic E-state index is -0.805. The summed E-state index contributed by atoms with van der Waals surface area (Å²) in [5, 5.41) is 8.84. The van der Waals surface area contributed by atoms with Crippen molar-refractivity contribution in [3.63, 3.8) is 0 Å². The Morgan fingerprint density at radius 1 is 1.37 bits per heavy atom. The van der Waals surface area contributed by atoms with Gasteiger partial charge in [0, 0.05) is 13.0 Å². The number of aromatic nitrogens is 2. The summed E-state index contributed by atoms with van der Waals surface area (Å²) < 4.78 is 2.22. The third-order valence-electron chi connectivity index (χ3n) is 3.32. The minimum Gasteiger partial charge on any atom is -0.481 e. The average Bonchev–Trinajstić information content (AvgIpc) is 2.72. The number of hydrogen-bond donors (Lipinski definition) is 1. The number of carboxylic acid groups (broad SMARTS) is 1. The highest BCUT2D eigenvalue weighted by Gasteiger charge is 2.10. The fraction of sp³-hybridized carbons (Fsp3) is 0.467. The molecule has 1 N–H and O–H groups in total. The Kier molecular flexibility index (Phi) is 4.20. The lowest BCUT2D eigenvalue weighted by molar-refractivity contribution is -0.136. The second kappa shape index (κ2) is 5.87. The van der Waals surface area contributed by atoms with Gasteiger partial charge in [0.1, 0.15) is 5.82 Å². The van der Waals surface area contributed by atoms with Crippen molar-refractivity contribution in [3.8, 4) is 0 Å². The van der Waals surface area contributed by atoms with Crippen LogP contribution in [-0.4, -0.2) is 20.6 Å². The van der Waals surface area contributed by atoms with Crippen LogP contribution in [-0.2, 0) is 24.2 Å². The van der Waals surface area contributed by atoms with Gasteiger partial charge in [0.15, 0.2) is 0 Å². The number of carboxylic acids is 1. The van der Waals surface area contributed by atoms with E-state index in [2.05, 4.69) is 23.4 Å². The summed E-state index contributed by atoms with van der Waals surface area (Å²) in [6, 6.07) is 5.76. The first-order chi connectivity index (χ1) is 9.15. The van der Waals surface area contributed by atoms with Gasteiger partial charge in [0.05, 0.1) is 17.5 Å². The molecule has 102 valence electrons. The first kappa shape index (κ1) is 13.6. The van der Waals surface area contributed by atoms with E-state index in [-0.39, 0.29) is 6.42 Å². The van der Waals surface area contributed by atoms with E-state index in [1.165, 1.54) is 0 Å². The summed E-state index contributed by atoms with van der Waals surface area (Å²) >= 11 is 0. The quantitative estimate of drug-likeness (QED) is 0.868. The molecule has 1 aromatic carbocycles. The van der Waals surface area contributed by atoms with E-state index in [1.54, 1.807) is 0 Å². The third-order valence-corrected chi connectivity index (χ3v) is 3.32. The van der Waals surface area contributed by atoms with E-state index in [0.717, 1.165) is 48.2 Å². The highest BCUT2D eigenvalue weighted by atomic mass is 16.4. The number of rotatable bonds is 6. The SMILES string of the molecule is CCCCc1nc2cc(CC(=O)O)ccc2n1CC. The summed E-state index contributed by atoms with van der Waals surface area (Å²) in [5.74, 6) is 0.298. The van der Waals surface area contributed by atoms with Crippen LogP contribution in [0.25, 0.3) is 11.0 Å². The maximum Gasteiger partial charge on any atom is 0.307 e. The number of aryl methyl sites for hydroxylation is 2. The molecule has 2 aromatic rings. The van der Waals surface area contributed by atoms with Gasteiger partial charge in [-0.2, -0.15) is 0 Å². The summed E-state index contributed by atoms with van der Waals surface area (Å²) in [6.07, 6.45) is 3.31.